The van der Waals surface area contributed by atoms with E-state index in [2.05, 4.69) is 5.32 Å². The average Bonchev–Trinajstić information content (AvgIpc) is 2.51. The summed E-state index contributed by atoms with van der Waals surface area (Å²) in [5, 5.41) is 13.1. The number of hydrogen-bond donors (Lipinski definition) is 2. The van der Waals surface area contributed by atoms with Gasteiger partial charge in [-0.1, -0.05) is 30.3 Å². The van der Waals surface area contributed by atoms with E-state index in [0.29, 0.717) is 18.7 Å². The molecule has 0 fully saturated rings. The first-order valence-electron chi connectivity index (χ1n) is 7.08. The van der Waals surface area contributed by atoms with Crippen molar-refractivity contribution in [2.75, 3.05) is 19.7 Å². The monoisotopic (exact) mass is 289 g/mol. The van der Waals surface area contributed by atoms with Crippen LogP contribution >= 0.6 is 0 Å². The third kappa shape index (κ3) is 5.53. The number of aliphatic hydroxyl groups is 1. The maximum absolute atomic E-state index is 13.0. The van der Waals surface area contributed by atoms with Gasteiger partial charge in [-0.25, -0.2) is 4.39 Å². The summed E-state index contributed by atoms with van der Waals surface area (Å²) in [5.41, 5.74) is 0.586. The molecule has 4 heteroatoms. The molecule has 0 spiro atoms. The fraction of sp³-hybridized carbons (Fsp3) is 0.294. The lowest BCUT2D eigenvalue weighted by Gasteiger charge is -2.12. The predicted molar refractivity (Wildman–Crippen MR) is 80.8 cm³/mol. The highest BCUT2D eigenvalue weighted by Gasteiger charge is 2.07. The molecule has 0 heterocycles. The highest BCUT2D eigenvalue weighted by Crippen LogP contribution is 2.13. The average molecular weight is 289 g/mol. The molecular formula is C17H20FNO2. The number of hydrogen-bond acceptors (Lipinski definition) is 3. The van der Waals surface area contributed by atoms with Gasteiger partial charge in [0.05, 0.1) is 12.7 Å². The molecule has 0 saturated heterocycles. The smallest absolute Gasteiger partial charge is 0.123 e. The third-order valence-electron chi connectivity index (χ3n) is 3.08. The number of para-hydroxylation sites is 1. The quantitative estimate of drug-likeness (QED) is 0.734. The van der Waals surface area contributed by atoms with Crippen LogP contribution in [-0.4, -0.2) is 24.8 Å². The molecule has 21 heavy (non-hydrogen) atoms. The normalized spacial score (nSPS) is 12.1. The zero-order chi connectivity index (χ0) is 14.9. The first kappa shape index (κ1) is 15.5. The summed E-state index contributed by atoms with van der Waals surface area (Å²) in [4.78, 5) is 0. The maximum Gasteiger partial charge on any atom is 0.123 e. The van der Waals surface area contributed by atoms with Gasteiger partial charge in [0.2, 0.25) is 0 Å². The second kappa shape index (κ2) is 8.39. The lowest BCUT2D eigenvalue weighted by Crippen LogP contribution is -2.23. The lowest BCUT2D eigenvalue weighted by atomic mass is 10.1. The van der Waals surface area contributed by atoms with Gasteiger partial charge in [0, 0.05) is 6.54 Å². The Morgan fingerprint density at radius 3 is 2.67 bits per heavy atom. The van der Waals surface area contributed by atoms with E-state index in [1.54, 1.807) is 12.1 Å². The molecule has 2 rings (SSSR count). The number of benzene rings is 2. The van der Waals surface area contributed by atoms with Crippen LogP contribution in [0.4, 0.5) is 4.39 Å². The van der Waals surface area contributed by atoms with E-state index in [9.17, 15) is 9.50 Å². The molecule has 112 valence electrons. The molecule has 0 aliphatic rings. The summed E-state index contributed by atoms with van der Waals surface area (Å²) in [5.74, 6) is 0.528. The van der Waals surface area contributed by atoms with Crippen LogP contribution in [0.1, 0.15) is 18.1 Å². The van der Waals surface area contributed by atoms with Crippen LogP contribution in [0.5, 0.6) is 5.75 Å². The number of aliphatic hydroxyl groups excluding tert-OH is 1. The van der Waals surface area contributed by atoms with Crippen molar-refractivity contribution in [3.63, 3.8) is 0 Å². The Morgan fingerprint density at radius 2 is 1.90 bits per heavy atom. The first-order chi connectivity index (χ1) is 10.3. The Kier molecular flexibility index (Phi) is 6.19. The van der Waals surface area contributed by atoms with Crippen molar-refractivity contribution in [1.29, 1.82) is 0 Å². The summed E-state index contributed by atoms with van der Waals surface area (Å²) < 4.78 is 18.6. The fourth-order valence-electron chi connectivity index (χ4n) is 1.97. The van der Waals surface area contributed by atoms with E-state index in [0.717, 1.165) is 18.7 Å². The molecule has 2 aromatic rings. The molecule has 1 atom stereocenters. The standard InChI is InChI=1S/C17H20FNO2/c18-15-7-4-6-14(12-15)17(20)13-19-10-5-11-21-16-8-2-1-3-9-16/h1-4,6-9,12,17,19-20H,5,10-11,13H2. The van der Waals surface area contributed by atoms with Gasteiger partial charge in [-0.05, 0) is 42.8 Å². The summed E-state index contributed by atoms with van der Waals surface area (Å²) in [6.07, 6.45) is 0.140. The fourth-order valence-corrected chi connectivity index (χ4v) is 1.97. The SMILES string of the molecule is OC(CNCCCOc1ccccc1)c1cccc(F)c1. The highest BCUT2D eigenvalue weighted by molar-refractivity contribution is 5.21. The van der Waals surface area contributed by atoms with Crippen LogP contribution in [0.3, 0.4) is 0 Å². The van der Waals surface area contributed by atoms with Crippen molar-refractivity contribution in [2.24, 2.45) is 0 Å². The minimum absolute atomic E-state index is 0.331. The molecule has 3 nitrogen and oxygen atoms in total. The molecule has 0 saturated carbocycles. The zero-order valence-corrected chi connectivity index (χ0v) is 11.8. The minimum atomic E-state index is -0.698. The lowest BCUT2D eigenvalue weighted by molar-refractivity contribution is 0.173. The molecule has 2 N–H and O–H groups in total. The number of rotatable bonds is 8. The Morgan fingerprint density at radius 1 is 1.10 bits per heavy atom. The zero-order valence-electron chi connectivity index (χ0n) is 11.8. The van der Waals surface area contributed by atoms with E-state index in [1.807, 2.05) is 30.3 Å². The summed E-state index contributed by atoms with van der Waals surface area (Å²) >= 11 is 0. The first-order valence-corrected chi connectivity index (χ1v) is 7.08. The number of halogens is 1. The van der Waals surface area contributed by atoms with E-state index >= 15 is 0 Å². The molecule has 2 aromatic carbocycles. The van der Waals surface area contributed by atoms with Crippen LogP contribution in [-0.2, 0) is 0 Å². The molecule has 0 radical (unpaired) electrons. The van der Waals surface area contributed by atoms with Crippen LogP contribution in [0.2, 0.25) is 0 Å². The van der Waals surface area contributed by atoms with Crippen molar-refractivity contribution in [3.05, 3.63) is 66.0 Å². The second-order valence-corrected chi connectivity index (χ2v) is 4.79. The van der Waals surface area contributed by atoms with Gasteiger partial charge in [0.15, 0.2) is 0 Å². The van der Waals surface area contributed by atoms with E-state index in [-0.39, 0.29) is 5.82 Å². The molecule has 0 aliphatic heterocycles. The molecule has 0 amide bonds. The van der Waals surface area contributed by atoms with Crippen molar-refractivity contribution in [2.45, 2.75) is 12.5 Å². The summed E-state index contributed by atoms with van der Waals surface area (Å²) in [7, 11) is 0. The Labute approximate surface area is 124 Å². The van der Waals surface area contributed by atoms with Gasteiger partial charge < -0.3 is 15.2 Å². The largest absolute Gasteiger partial charge is 0.494 e. The molecule has 0 aliphatic carbocycles. The van der Waals surface area contributed by atoms with Crippen molar-refractivity contribution < 1.29 is 14.2 Å². The van der Waals surface area contributed by atoms with Crippen molar-refractivity contribution >= 4 is 0 Å². The highest BCUT2D eigenvalue weighted by atomic mass is 19.1. The maximum atomic E-state index is 13.0. The van der Waals surface area contributed by atoms with Gasteiger partial charge in [-0.3, -0.25) is 0 Å². The molecule has 1 unspecified atom stereocenters. The van der Waals surface area contributed by atoms with Gasteiger partial charge in [-0.2, -0.15) is 0 Å². The van der Waals surface area contributed by atoms with E-state index in [1.165, 1.54) is 12.1 Å². The molecular weight excluding hydrogens is 269 g/mol. The Hall–Kier alpha value is -1.91. The van der Waals surface area contributed by atoms with Crippen LogP contribution in [0.15, 0.2) is 54.6 Å². The second-order valence-electron chi connectivity index (χ2n) is 4.79. The number of nitrogens with one attached hydrogen (secondary N) is 1. The van der Waals surface area contributed by atoms with Crippen LogP contribution in [0, 0.1) is 5.82 Å². The Balaban J connectivity index is 1.59. The summed E-state index contributed by atoms with van der Waals surface area (Å²) in [6, 6.07) is 15.7. The van der Waals surface area contributed by atoms with Crippen molar-refractivity contribution in [1.82, 2.24) is 5.32 Å². The van der Waals surface area contributed by atoms with E-state index in [4.69, 9.17) is 4.74 Å². The Bertz CT molecular complexity index is 533. The topological polar surface area (TPSA) is 41.5 Å². The molecule has 0 bridgehead atoms. The van der Waals surface area contributed by atoms with E-state index < -0.39 is 6.10 Å². The van der Waals surface area contributed by atoms with Crippen molar-refractivity contribution in [3.8, 4) is 5.75 Å². The van der Waals surface area contributed by atoms with Gasteiger partial charge in [0.25, 0.3) is 0 Å². The van der Waals surface area contributed by atoms with Crippen LogP contribution in [0.25, 0.3) is 0 Å². The predicted octanol–water partition coefficient (Wildman–Crippen LogP) is 2.92. The van der Waals surface area contributed by atoms with Gasteiger partial charge >= 0.3 is 0 Å². The van der Waals surface area contributed by atoms with Gasteiger partial charge in [-0.15, -0.1) is 0 Å². The third-order valence-corrected chi connectivity index (χ3v) is 3.08. The minimum Gasteiger partial charge on any atom is -0.494 e. The summed E-state index contributed by atoms with van der Waals surface area (Å²) in [6.45, 7) is 1.75. The van der Waals surface area contributed by atoms with Crippen LogP contribution < -0.4 is 10.1 Å². The molecule has 0 aromatic heterocycles. The number of ether oxygens (including phenoxy) is 1. The van der Waals surface area contributed by atoms with Gasteiger partial charge in [0.1, 0.15) is 11.6 Å².